The summed E-state index contributed by atoms with van der Waals surface area (Å²) >= 11 is 0. The number of carbonyl (C=O) groups is 2. The number of para-hydroxylation sites is 2. The summed E-state index contributed by atoms with van der Waals surface area (Å²) in [6, 6.07) is 24.1. The van der Waals surface area contributed by atoms with E-state index >= 15 is 0 Å². The van der Waals surface area contributed by atoms with E-state index in [1.54, 1.807) is 28.8 Å². The van der Waals surface area contributed by atoms with E-state index in [2.05, 4.69) is 10.6 Å². The number of nitrogen functional groups attached to an aromatic ring is 1. The number of hydrogen-bond acceptors (Lipinski definition) is 5. The number of imidazole rings is 1. The van der Waals surface area contributed by atoms with E-state index in [1.807, 2.05) is 88.5 Å². The highest BCUT2D eigenvalue weighted by molar-refractivity contribution is 6.06. The van der Waals surface area contributed by atoms with Gasteiger partial charge in [0.05, 0.1) is 29.0 Å². The molecule has 5 rings (SSSR count). The van der Waals surface area contributed by atoms with Crippen molar-refractivity contribution in [3.63, 3.8) is 0 Å². The lowest BCUT2D eigenvalue weighted by atomic mass is 9.95. The molecule has 2 heterocycles. The summed E-state index contributed by atoms with van der Waals surface area (Å²) in [4.78, 5) is 30.1. The van der Waals surface area contributed by atoms with Crippen LogP contribution in [-0.2, 0) is 4.79 Å². The van der Waals surface area contributed by atoms with Gasteiger partial charge in [-0.3, -0.25) is 9.59 Å². The van der Waals surface area contributed by atoms with Gasteiger partial charge in [0, 0.05) is 27.8 Å². The Labute approximate surface area is 226 Å². The number of fused-ring (bicyclic) bond motifs is 1. The van der Waals surface area contributed by atoms with Crippen molar-refractivity contribution in [2.75, 3.05) is 16.4 Å². The average molecular weight is 519 g/mol. The highest BCUT2D eigenvalue weighted by atomic mass is 16.2. The third kappa shape index (κ3) is 5.50. The maximum atomic E-state index is 12.9. The van der Waals surface area contributed by atoms with Crippen molar-refractivity contribution in [2.45, 2.75) is 27.7 Å². The van der Waals surface area contributed by atoms with Crippen molar-refractivity contribution < 1.29 is 9.59 Å². The van der Waals surface area contributed by atoms with Crippen molar-refractivity contribution in [1.29, 1.82) is 0 Å². The lowest BCUT2D eigenvalue weighted by molar-refractivity contribution is -0.123. The first-order chi connectivity index (χ1) is 18.6. The molecule has 0 aliphatic heterocycles. The Morgan fingerprint density at radius 1 is 0.821 bits per heavy atom. The summed E-state index contributed by atoms with van der Waals surface area (Å²) in [5.74, 6) is -0.304. The van der Waals surface area contributed by atoms with Crippen LogP contribution in [0.5, 0.6) is 0 Å². The molecule has 0 saturated carbocycles. The lowest BCUT2D eigenvalue weighted by Gasteiger charge is -2.19. The van der Waals surface area contributed by atoms with Crippen LogP contribution in [0.15, 0.2) is 85.1 Å². The largest absolute Gasteiger partial charge is 0.397 e. The number of nitrogens with zero attached hydrogens (tertiary/aromatic N) is 3. The summed E-state index contributed by atoms with van der Waals surface area (Å²) in [7, 11) is 0. The van der Waals surface area contributed by atoms with Crippen LogP contribution in [0.3, 0.4) is 0 Å². The van der Waals surface area contributed by atoms with E-state index in [1.165, 1.54) is 0 Å². The second kappa shape index (κ2) is 10.1. The van der Waals surface area contributed by atoms with Gasteiger partial charge >= 0.3 is 0 Å². The van der Waals surface area contributed by atoms with Crippen LogP contribution in [0.2, 0.25) is 0 Å². The Balaban J connectivity index is 1.41. The van der Waals surface area contributed by atoms with Gasteiger partial charge in [-0.25, -0.2) is 9.50 Å². The van der Waals surface area contributed by atoms with Crippen molar-refractivity contribution >= 4 is 34.5 Å². The topological polar surface area (TPSA) is 114 Å². The Bertz CT molecular complexity index is 1710. The molecule has 8 nitrogen and oxygen atoms in total. The minimum Gasteiger partial charge on any atom is -0.397 e. The highest BCUT2D eigenvalue weighted by Crippen LogP contribution is 2.28. The maximum absolute atomic E-state index is 12.9. The number of hydrogen-bond donors (Lipinski definition) is 3. The van der Waals surface area contributed by atoms with E-state index < -0.39 is 5.41 Å². The van der Waals surface area contributed by atoms with Crippen LogP contribution in [0.1, 0.15) is 36.7 Å². The molecule has 3 aromatic carbocycles. The van der Waals surface area contributed by atoms with Crippen molar-refractivity contribution in [3.8, 4) is 22.5 Å². The molecule has 196 valence electrons. The molecule has 39 heavy (non-hydrogen) atoms. The zero-order chi connectivity index (χ0) is 27.7. The predicted molar refractivity (Wildman–Crippen MR) is 155 cm³/mol. The van der Waals surface area contributed by atoms with Crippen LogP contribution in [0.4, 0.5) is 17.1 Å². The SMILES string of the molecule is Cc1ccc(-c2cn3nc(-c4cccc(C(=O)Nc5ccccc5N)c4)ccc3n2)cc1NC(=O)C(C)(C)C. The number of aryl methyl sites for hydroxylation is 1. The lowest BCUT2D eigenvalue weighted by Crippen LogP contribution is -2.27. The van der Waals surface area contributed by atoms with E-state index in [-0.39, 0.29) is 11.8 Å². The summed E-state index contributed by atoms with van der Waals surface area (Å²) < 4.78 is 1.72. The molecule has 4 N–H and O–H groups in total. The first-order valence-electron chi connectivity index (χ1n) is 12.6. The zero-order valence-corrected chi connectivity index (χ0v) is 22.3. The van der Waals surface area contributed by atoms with Crippen LogP contribution in [0, 0.1) is 12.3 Å². The van der Waals surface area contributed by atoms with E-state index in [0.717, 1.165) is 28.1 Å². The molecular weight excluding hydrogens is 488 g/mol. The number of nitrogens with one attached hydrogen (secondary N) is 2. The fraction of sp³-hybridized carbons (Fsp3) is 0.161. The van der Waals surface area contributed by atoms with Crippen molar-refractivity contribution in [3.05, 3.63) is 96.2 Å². The normalized spacial score (nSPS) is 11.4. The molecule has 0 bridgehead atoms. The number of nitrogens with two attached hydrogens (primary N) is 1. The van der Waals surface area contributed by atoms with Crippen LogP contribution in [0.25, 0.3) is 28.2 Å². The zero-order valence-electron chi connectivity index (χ0n) is 22.3. The molecule has 0 aliphatic rings. The van der Waals surface area contributed by atoms with Gasteiger partial charge in [-0.1, -0.05) is 57.2 Å². The molecule has 0 unspecified atom stereocenters. The van der Waals surface area contributed by atoms with Crippen LogP contribution < -0.4 is 16.4 Å². The van der Waals surface area contributed by atoms with E-state index in [9.17, 15) is 9.59 Å². The fourth-order valence-corrected chi connectivity index (χ4v) is 4.03. The molecular formula is C31H30N6O2. The molecule has 8 heteroatoms. The van der Waals surface area contributed by atoms with Gasteiger partial charge in [0.2, 0.25) is 5.91 Å². The third-order valence-electron chi connectivity index (χ3n) is 6.41. The number of carbonyl (C=O) groups excluding carboxylic acids is 2. The highest BCUT2D eigenvalue weighted by Gasteiger charge is 2.22. The number of anilines is 3. The third-order valence-corrected chi connectivity index (χ3v) is 6.41. The van der Waals surface area contributed by atoms with Gasteiger partial charge in [0.25, 0.3) is 5.91 Å². The number of benzene rings is 3. The molecule has 0 saturated heterocycles. The van der Waals surface area contributed by atoms with Gasteiger partial charge in [-0.05, 0) is 55.0 Å². The minimum atomic E-state index is -0.501. The second-order valence-electron chi connectivity index (χ2n) is 10.5. The van der Waals surface area contributed by atoms with Gasteiger partial charge in [-0.15, -0.1) is 0 Å². The molecule has 2 aromatic heterocycles. The van der Waals surface area contributed by atoms with Crippen LogP contribution in [-0.4, -0.2) is 26.4 Å². The standard InChI is InChI=1S/C31H30N6O2/c1-19-12-13-21(17-26(19)35-30(39)31(2,3)4)27-18-37-28(33-27)15-14-24(36-37)20-8-7-9-22(16-20)29(38)34-25-11-6-5-10-23(25)32/h5-18H,32H2,1-4H3,(H,34,38)(H,35,39). The maximum Gasteiger partial charge on any atom is 0.255 e. The smallest absolute Gasteiger partial charge is 0.255 e. The summed E-state index contributed by atoms with van der Waals surface area (Å²) in [5, 5.41) is 10.6. The fourth-order valence-electron chi connectivity index (χ4n) is 4.03. The Hall–Kier alpha value is -4.98. The number of aromatic nitrogens is 3. The molecule has 5 aromatic rings. The Morgan fingerprint density at radius 2 is 1.59 bits per heavy atom. The number of rotatable bonds is 5. The first-order valence-corrected chi connectivity index (χ1v) is 12.6. The molecule has 0 spiro atoms. The van der Waals surface area contributed by atoms with Gasteiger partial charge in [0.1, 0.15) is 0 Å². The van der Waals surface area contributed by atoms with Crippen molar-refractivity contribution in [2.24, 2.45) is 5.41 Å². The molecule has 2 amide bonds. The minimum absolute atomic E-state index is 0.0489. The monoisotopic (exact) mass is 518 g/mol. The molecule has 0 fully saturated rings. The molecule has 0 atom stereocenters. The summed E-state index contributed by atoms with van der Waals surface area (Å²) in [6.07, 6.45) is 1.85. The van der Waals surface area contributed by atoms with Gasteiger partial charge < -0.3 is 16.4 Å². The molecule has 0 aliphatic carbocycles. The van der Waals surface area contributed by atoms with E-state index in [4.69, 9.17) is 15.8 Å². The van der Waals surface area contributed by atoms with Crippen LogP contribution >= 0.6 is 0 Å². The average Bonchev–Trinajstić information content (AvgIpc) is 3.34. The Morgan fingerprint density at radius 3 is 2.36 bits per heavy atom. The van der Waals surface area contributed by atoms with Gasteiger partial charge in [0.15, 0.2) is 5.65 Å². The molecule has 0 radical (unpaired) electrons. The Kier molecular flexibility index (Phi) is 6.62. The first kappa shape index (κ1) is 25.7. The second-order valence-corrected chi connectivity index (χ2v) is 10.5. The predicted octanol–water partition coefficient (Wildman–Crippen LogP) is 6.19. The quantitative estimate of drug-likeness (QED) is 0.240. The van der Waals surface area contributed by atoms with E-state index in [0.29, 0.717) is 28.3 Å². The summed E-state index contributed by atoms with van der Waals surface area (Å²) in [6.45, 7) is 7.61. The summed E-state index contributed by atoms with van der Waals surface area (Å²) in [5.41, 5.74) is 12.5. The van der Waals surface area contributed by atoms with Crippen molar-refractivity contribution in [1.82, 2.24) is 14.6 Å². The van der Waals surface area contributed by atoms with Gasteiger partial charge in [-0.2, -0.15) is 5.10 Å². The number of amides is 2.